The quantitative estimate of drug-likeness (QED) is 0.429. The lowest BCUT2D eigenvalue weighted by Crippen LogP contribution is -2.55. The molecular formula is C28H34N2O5. The second kappa shape index (κ2) is 10.5. The summed E-state index contributed by atoms with van der Waals surface area (Å²) >= 11 is 0. The minimum absolute atomic E-state index is 0.0137. The molecule has 3 N–H and O–H groups in total. The number of hydrogen-bond donors (Lipinski definition) is 3. The predicted molar refractivity (Wildman–Crippen MR) is 133 cm³/mol. The van der Waals surface area contributed by atoms with Crippen LogP contribution < -0.4 is 10.6 Å². The molecule has 2 aromatic rings. The van der Waals surface area contributed by atoms with Crippen molar-refractivity contribution in [2.75, 3.05) is 6.61 Å². The summed E-state index contributed by atoms with van der Waals surface area (Å²) in [5.41, 5.74) is 3.32. The van der Waals surface area contributed by atoms with Crippen molar-refractivity contribution in [3.8, 4) is 11.1 Å². The molecule has 35 heavy (non-hydrogen) atoms. The minimum atomic E-state index is -1.27. The Morgan fingerprint density at radius 3 is 2.20 bits per heavy atom. The molecular weight excluding hydrogens is 444 g/mol. The summed E-state index contributed by atoms with van der Waals surface area (Å²) in [6, 6.07) is 15.9. The van der Waals surface area contributed by atoms with Crippen LogP contribution in [0.1, 0.15) is 69.4 Å². The maximum atomic E-state index is 12.7. The van der Waals surface area contributed by atoms with Crippen LogP contribution in [0, 0.1) is 5.92 Å². The summed E-state index contributed by atoms with van der Waals surface area (Å²) in [5.74, 6) is -1.49. The molecule has 0 radical (unpaired) electrons. The second-order valence-corrected chi connectivity index (χ2v) is 9.84. The van der Waals surface area contributed by atoms with Crippen LogP contribution >= 0.6 is 0 Å². The Kier molecular flexibility index (Phi) is 7.43. The molecule has 2 aliphatic rings. The number of alkyl carbamates (subject to hydrolysis) is 1. The largest absolute Gasteiger partial charge is 0.480 e. The number of carbonyl (C=O) groups is 3. The van der Waals surface area contributed by atoms with E-state index >= 15 is 0 Å². The number of carboxylic acids is 1. The van der Waals surface area contributed by atoms with Crippen LogP contribution in [0.25, 0.3) is 11.1 Å². The number of rotatable bonds is 11. The van der Waals surface area contributed by atoms with Gasteiger partial charge in [-0.25, -0.2) is 9.59 Å². The third-order valence-electron chi connectivity index (χ3n) is 7.24. The molecule has 186 valence electrons. The Hall–Kier alpha value is -3.35. The summed E-state index contributed by atoms with van der Waals surface area (Å²) in [6.07, 6.45) is 3.39. The fourth-order valence-corrected chi connectivity index (χ4v) is 5.04. The van der Waals surface area contributed by atoms with Gasteiger partial charge in [-0.2, -0.15) is 0 Å². The van der Waals surface area contributed by atoms with Gasteiger partial charge >= 0.3 is 12.1 Å². The summed E-state index contributed by atoms with van der Waals surface area (Å²) in [6.45, 7) is 3.80. The Balaban J connectivity index is 1.37. The van der Waals surface area contributed by atoms with E-state index in [0.717, 1.165) is 47.9 Å². The van der Waals surface area contributed by atoms with E-state index in [1.54, 1.807) is 6.92 Å². The molecule has 2 unspecified atom stereocenters. The molecule has 1 saturated carbocycles. The van der Waals surface area contributed by atoms with E-state index < -0.39 is 23.6 Å². The fourth-order valence-electron chi connectivity index (χ4n) is 5.04. The number of carbonyl (C=O) groups excluding carboxylic acids is 2. The van der Waals surface area contributed by atoms with Gasteiger partial charge in [-0.1, -0.05) is 68.3 Å². The maximum Gasteiger partial charge on any atom is 0.407 e. The average molecular weight is 479 g/mol. The summed E-state index contributed by atoms with van der Waals surface area (Å²) in [4.78, 5) is 37.2. The van der Waals surface area contributed by atoms with Crippen molar-refractivity contribution in [3.63, 3.8) is 0 Å². The van der Waals surface area contributed by atoms with Gasteiger partial charge in [0.2, 0.25) is 5.91 Å². The Labute approximate surface area is 206 Å². The predicted octanol–water partition coefficient (Wildman–Crippen LogP) is 4.84. The van der Waals surface area contributed by atoms with Gasteiger partial charge in [-0.15, -0.1) is 0 Å². The smallest absolute Gasteiger partial charge is 0.407 e. The van der Waals surface area contributed by atoms with Crippen molar-refractivity contribution < 1.29 is 24.2 Å². The molecule has 0 bridgehead atoms. The maximum absolute atomic E-state index is 12.7. The molecule has 0 saturated heterocycles. The number of fused-ring (bicyclic) bond motifs is 3. The molecule has 2 aromatic carbocycles. The number of hydrogen-bond acceptors (Lipinski definition) is 4. The topological polar surface area (TPSA) is 105 Å². The number of unbranched alkanes of at least 4 members (excludes halogenated alkanes) is 1. The summed E-state index contributed by atoms with van der Waals surface area (Å²) in [5, 5.41) is 15.2. The molecule has 0 aromatic heterocycles. The van der Waals surface area contributed by atoms with Crippen molar-refractivity contribution in [3.05, 3.63) is 59.7 Å². The molecule has 7 heteroatoms. The van der Waals surface area contributed by atoms with E-state index in [-0.39, 0.29) is 30.8 Å². The van der Waals surface area contributed by atoms with Crippen molar-refractivity contribution in [2.24, 2.45) is 5.92 Å². The second-order valence-electron chi connectivity index (χ2n) is 9.84. The van der Waals surface area contributed by atoms with Crippen molar-refractivity contribution >= 4 is 18.0 Å². The standard InChI is InChI=1S/C28H34N2O5/c1-3-4-9-19(16-25(31)30-28(2,26(32)33)18-14-15-18)29-27(34)35-17-24-22-12-7-5-10-20(22)21-11-6-8-13-23(21)24/h5-8,10-13,18-19,24H,3-4,9,14-17H2,1-2H3,(H,29,34)(H,30,31)(H,32,33). The highest BCUT2D eigenvalue weighted by atomic mass is 16.5. The number of benzene rings is 2. The number of carboxylic acid groups (broad SMARTS) is 1. The number of amides is 2. The molecule has 7 nitrogen and oxygen atoms in total. The van der Waals surface area contributed by atoms with Gasteiger partial charge in [0.15, 0.2) is 0 Å². The van der Waals surface area contributed by atoms with E-state index in [2.05, 4.69) is 34.9 Å². The van der Waals surface area contributed by atoms with Gasteiger partial charge in [0, 0.05) is 18.4 Å². The SMILES string of the molecule is CCCCC(CC(=O)NC(C)(C(=O)O)C1CC1)NC(=O)OCC1c2ccccc2-c2ccccc21. The van der Waals surface area contributed by atoms with Crippen LogP contribution in [-0.2, 0) is 14.3 Å². The highest BCUT2D eigenvalue weighted by Crippen LogP contribution is 2.44. The van der Waals surface area contributed by atoms with Gasteiger partial charge in [0.25, 0.3) is 0 Å². The zero-order chi connectivity index (χ0) is 25.0. The van der Waals surface area contributed by atoms with Crippen LogP contribution in [0.15, 0.2) is 48.5 Å². The molecule has 2 aliphatic carbocycles. The first-order chi connectivity index (χ1) is 16.8. The molecule has 4 rings (SSSR count). The first-order valence-corrected chi connectivity index (χ1v) is 12.5. The Morgan fingerprint density at radius 2 is 1.66 bits per heavy atom. The molecule has 0 spiro atoms. The highest BCUT2D eigenvalue weighted by molar-refractivity contribution is 5.87. The van der Waals surface area contributed by atoms with E-state index in [1.165, 1.54) is 0 Å². The average Bonchev–Trinajstić information content (AvgIpc) is 3.65. The first kappa shape index (κ1) is 24.8. The van der Waals surface area contributed by atoms with Crippen molar-refractivity contribution in [1.82, 2.24) is 10.6 Å². The van der Waals surface area contributed by atoms with E-state index in [4.69, 9.17) is 4.74 Å². The Morgan fingerprint density at radius 1 is 1.06 bits per heavy atom. The molecule has 2 amide bonds. The van der Waals surface area contributed by atoms with Crippen LogP contribution in [0.2, 0.25) is 0 Å². The monoisotopic (exact) mass is 478 g/mol. The third-order valence-corrected chi connectivity index (χ3v) is 7.24. The first-order valence-electron chi connectivity index (χ1n) is 12.5. The normalized spacial score (nSPS) is 17.0. The third kappa shape index (κ3) is 5.50. The zero-order valence-corrected chi connectivity index (χ0v) is 20.4. The highest BCUT2D eigenvalue weighted by Gasteiger charge is 2.48. The fraction of sp³-hybridized carbons (Fsp3) is 0.464. The summed E-state index contributed by atoms with van der Waals surface area (Å²) in [7, 11) is 0. The lowest BCUT2D eigenvalue weighted by molar-refractivity contribution is -0.148. The van der Waals surface area contributed by atoms with E-state index in [1.807, 2.05) is 31.2 Å². The van der Waals surface area contributed by atoms with Crippen LogP contribution in [-0.4, -0.2) is 41.3 Å². The minimum Gasteiger partial charge on any atom is -0.480 e. The number of ether oxygens (including phenoxy) is 1. The van der Waals surface area contributed by atoms with Gasteiger partial charge in [-0.3, -0.25) is 4.79 Å². The molecule has 2 atom stereocenters. The van der Waals surface area contributed by atoms with Gasteiger partial charge in [0.05, 0.1) is 0 Å². The Bertz CT molecular complexity index is 1050. The number of aliphatic carboxylic acids is 1. The molecule has 0 aliphatic heterocycles. The van der Waals surface area contributed by atoms with Gasteiger partial charge < -0.3 is 20.5 Å². The lowest BCUT2D eigenvalue weighted by atomic mass is 9.95. The molecule has 0 heterocycles. The van der Waals surface area contributed by atoms with Gasteiger partial charge in [-0.05, 0) is 54.4 Å². The lowest BCUT2D eigenvalue weighted by Gasteiger charge is -2.27. The van der Waals surface area contributed by atoms with Crippen LogP contribution in [0.3, 0.4) is 0 Å². The van der Waals surface area contributed by atoms with E-state index in [9.17, 15) is 19.5 Å². The van der Waals surface area contributed by atoms with Crippen LogP contribution in [0.4, 0.5) is 4.79 Å². The van der Waals surface area contributed by atoms with E-state index in [0.29, 0.717) is 6.42 Å². The molecule has 1 fully saturated rings. The zero-order valence-electron chi connectivity index (χ0n) is 20.4. The van der Waals surface area contributed by atoms with Crippen molar-refractivity contribution in [2.45, 2.75) is 69.9 Å². The van der Waals surface area contributed by atoms with Crippen LogP contribution in [0.5, 0.6) is 0 Å². The van der Waals surface area contributed by atoms with Gasteiger partial charge in [0.1, 0.15) is 12.1 Å². The van der Waals surface area contributed by atoms with Crippen molar-refractivity contribution in [1.29, 1.82) is 0 Å². The number of nitrogens with one attached hydrogen (secondary N) is 2. The summed E-state index contributed by atoms with van der Waals surface area (Å²) < 4.78 is 5.64.